The number of anilines is 1. The van der Waals surface area contributed by atoms with Crippen molar-refractivity contribution >= 4 is 27.8 Å². The lowest BCUT2D eigenvalue weighted by Gasteiger charge is -1.98. The molecule has 3 rings (SSSR count). The Labute approximate surface area is 83.5 Å². The van der Waals surface area contributed by atoms with Gasteiger partial charge in [0.25, 0.3) is 0 Å². The standard InChI is InChI=1S/C10H7N3O2/c11-9-7-8(15-10(14)13-7)5-3-1-2-4-6(5)12-9/h1-4H,(H2,11,12)(H,13,14). The summed E-state index contributed by atoms with van der Waals surface area (Å²) in [5, 5.41) is 0.778. The molecule has 5 nitrogen and oxygen atoms in total. The average Bonchev–Trinajstić information content (AvgIpc) is 2.61. The van der Waals surface area contributed by atoms with Crippen molar-refractivity contribution in [3.8, 4) is 0 Å². The van der Waals surface area contributed by atoms with Gasteiger partial charge in [-0.1, -0.05) is 12.1 Å². The summed E-state index contributed by atoms with van der Waals surface area (Å²) in [5.41, 5.74) is 7.33. The van der Waals surface area contributed by atoms with Crippen molar-refractivity contribution in [2.75, 3.05) is 5.73 Å². The normalized spacial score (nSPS) is 11.2. The maximum atomic E-state index is 11.1. The van der Waals surface area contributed by atoms with Gasteiger partial charge in [0.05, 0.1) is 5.52 Å². The van der Waals surface area contributed by atoms with Gasteiger partial charge in [-0.15, -0.1) is 0 Å². The molecule has 0 fully saturated rings. The van der Waals surface area contributed by atoms with Crippen LogP contribution in [0.15, 0.2) is 33.5 Å². The number of nitrogens with two attached hydrogens (primary N) is 1. The Morgan fingerprint density at radius 2 is 2.13 bits per heavy atom. The number of aromatic nitrogens is 2. The predicted octanol–water partition coefficient (Wildman–Crippen LogP) is 1.25. The van der Waals surface area contributed by atoms with Gasteiger partial charge in [-0.05, 0) is 12.1 Å². The number of nitrogens with one attached hydrogen (secondary N) is 1. The van der Waals surface area contributed by atoms with Crippen LogP contribution in [0.4, 0.5) is 5.82 Å². The van der Waals surface area contributed by atoms with Crippen LogP contribution in [0.25, 0.3) is 22.0 Å². The molecule has 15 heavy (non-hydrogen) atoms. The minimum Gasteiger partial charge on any atom is -0.407 e. The van der Waals surface area contributed by atoms with Gasteiger partial charge in [0.1, 0.15) is 5.52 Å². The van der Waals surface area contributed by atoms with Gasteiger partial charge in [0.15, 0.2) is 11.4 Å². The zero-order chi connectivity index (χ0) is 10.4. The molecule has 0 saturated heterocycles. The topological polar surface area (TPSA) is 84.9 Å². The maximum Gasteiger partial charge on any atom is 0.417 e. The quantitative estimate of drug-likeness (QED) is 0.573. The summed E-state index contributed by atoms with van der Waals surface area (Å²) < 4.78 is 5.03. The molecule has 0 radical (unpaired) electrons. The van der Waals surface area contributed by atoms with E-state index in [1.165, 1.54) is 0 Å². The molecule has 0 spiro atoms. The predicted molar refractivity (Wildman–Crippen MR) is 56.5 cm³/mol. The summed E-state index contributed by atoms with van der Waals surface area (Å²) in [6.45, 7) is 0. The van der Waals surface area contributed by atoms with Gasteiger partial charge in [-0.2, -0.15) is 0 Å². The van der Waals surface area contributed by atoms with Crippen molar-refractivity contribution in [2.24, 2.45) is 0 Å². The molecule has 0 atom stereocenters. The Bertz CT molecular complexity index is 711. The lowest BCUT2D eigenvalue weighted by Crippen LogP contribution is -1.96. The number of pyridine rings is 1. The van der Waals surface area contributed by atoms with Crippen LogP contribution in [0, 0.1) is 0 Å². The molecule has 3 N–H and O–H groups in total. The molecule has 2 aromatic heterocycles. The Morgan fingerprint density at radius 1 is 1.33 bits per heavy atom. The van der Waals surface area contributed by atoms with Crippen molar-refractivity contribution in [3.05, 3.63) is 34.8 Å². The minimum absolute atomic E-state index is 0.273. The monoisotopic (exact) mass is 201 g/mol. The van der Waals surface area contributed by atoms with Crippen LogP contribution in [-0.4, -0.2) is 9.97 Å². The van der Waals surface area contributed by atoms with Crippen molar-refractivity contribution < 1.29 is 4.42 Å². The van der Waals surface area contributed by atoms with Crippen LogP contribution < -0.4 is 11.5 Å². The molecular weight excluding hydrogens is 194 g/mol. The second-order valence-electron chi connectivity index (χ2n) is 3.23. The highest BCUT2D eigenvalue weighted by Gasteiger charge is 2.10. The second kappa shape index (κ2) is 2.60. The van der Waals surface area contributed by atoms with Crippen LogP contribution in [-0.2, 0) is 0 Å². The number of hydrogen-bond acceptors (Lipinski definition) is 4. The first-order valence-electron chi connectivity index (χ1n) is 4.43. The molecule has 1 aromatic carbocycles. The van der Waals surface area contributed by atoms with E-state index in [9.17, 15) is 4.79 Å². The third-order valence-electron chi connectivity index (χ3n) is 2.29. The van der Waals surface area contributed by atoms with E-state index in [4.69, 9.17) is 10.2 Å². The summed E-state index contributed by atoms with van der Waals surface area (Å²) in [4.78, 5) is 17.8. The lowest BCUT2D eigenvalue weighted by molar-refractivity contribution is 0.558. The maximum absolute atomic E-state index is 11.1. The summed E-state index contributed by atoms with van der Waals surface area (Å²) in [5.74, 6) is -0.246. The SMILES string of the molecule is Nc1nc2ccccc2c2oc(=O)[nH]c12. The number of rotatable bonds is 0. The summed E-state index contributed by atoms with van der Waals surface area (Å²) in [6, 6.07) is 7.36. The van der Waals surface area contributed by atoms with E-state index >= 15 is 0 Å². The van der Waals surface area contributed by atoms with Crippen molar-refractivity contribution in [3.63, 3.8) is 0 Å². The molecule has 0 aliphatic rings. The fourth-order valence-electron chi connectivity index (χ4n) is 1.65. The van der Waals surface area contributed by atoms with Gasteiger partial charge >= 0.3 is 5.76 Å². The number of oxazole rings is 1. The van der Waals surface area contributed by atoms with Crippen LogP contribution in [0.2, 0.25) is 0 Å². The number of fused-ring (bicyclic) bond motifs is 3. The number of para-hydroxylation sites is 1. The fourth-order valence-corrected chi connectivity index (χ4v) is 1.65. The van der Waals surface area contributed by atoms with E-state index in [1.54, 1.807) is 0 Å². The smallest absolute Gasteiger partial charge is 0.407 e. The van der Waals surface area contributed by atoms with E-state index in [2.05, 4.69) is 9.97 Å². The highest BCUT2D eigenvalue weighted by molar-refractivity contribution is 6.04. The molecule has 3 aromatic rings. The van der Waals surface area contributed by atoms with Gasteiger partial charge in [0, 0.05) is 5.39 Å². The number of benzene rings is 1. The van der Waals surface area contributed by atoms with E-state index < -0.39 is 5.76 Å². The van der Waals surface area contributed by atoms with E-state index in [-0.39, 0.29) is 5.82 Å². The first-order valence-corrected chi connectivity index (χ1v) is 4.43. The molecule has 0 aliphatic heterocycles. The van der Waals surface area contributed by atoms with Gasteiger partial charge in [0.2, 0.25) is 0 Å². The Kier molecular flexibility index (Phi) is 1.39. The van der Waals surface area contributed by atoms with Crippen molar-refractivity contribution in [1.29, 1.82) is 0 Å². The molecule has 0 amide bonds. The zero-order valence-electron chi connectivity index (χ0n) is 7.65. The number of nitrogen functional groups attached to an aromatic ring is 1. The third-order valence-corrected chi connectivity index (χ3v) is 2.29. The first kappa shape index (κ1) is 8.05. The molecule has 5 heteroatoms. The van der Waals surface area contributed by atoms with Crippen molar-refractivity contribution in [1.82, 2.24) is 9.97 Å². The third kappa shape index (κ3) is 1.03. The molecule has 0 unspecified atom stereocenters. The summed E-state index contributed by atoms with van der Waals surface area (Å²) >= 11 is 0. The Morgan fingerprint density at radius 3 is 3.00 bits per heavy atom. The van der Waals surface area contributed by atoms with Crippen LogP contribution in [0.3, 0.4) is 0 Å². The average molecular weight is 201 g/mol. The lowest BCUT2D eigenvalue weighted by atomic mass is 10.2. The van der Waals surface area contributed by atoms with E-state index in [0.29, 0.717) is 16.6 Å². The number of H-pyrrole nitrogens is 1. The largest absolute Gasteiger partial charge is 0.417 e. The van der Waals surface area contributed by atoms with Crippen molar-refractivity contribution in [2.45, 2.75) is 0 Å². The van der Waals surface area contributed by atoms with Gasteiger partial charge < -0.3 is 10.2 Å². The van der Waals surface area contributed by atoms with Crippen LogP contribution >= 0.6 is 0 Å². The molecule has 0 bridgehead atoms. The molecular formula is C10H7N3O2. The zero-order valence-corrected chi connectivity index (χ0v) is 7.65. The summed E-state index contributed by atoms with van der Waals surface area (Å²) in [6.07, 6.45) is 0. The minimum atomic E-state index is -0.519. The molecule has 0 aliphatic carbocycles. The highest BCUT2D eigenvalue weighted by atomic mass is 16.4. The molecule has 74 valence electrons. The van der Waals surface area contributed by atoms with Crippen LogP contribution in [0.5, 0.6) is 0 Å². The summed E-state index contributed by atoms with van der Waals surface area (Å²) in [7, 11) is 0. The Balaban J connectivity index is 2.69. The van der Waals surface area contributed by atoms with E-state index in [0.717, 1.165) is 5.39 Å². The van der Waals surface area contributed by atoms with Gasteiger partial charge in [-0.3, -0.25) is 4.98 Å². The van der Waals surface area contributed by atoms with Crippen LogP contribution in [0.1, 0.15) is 0 Å². The highest BCUT2D eigenvalue weighted by Crippen LogP contribution is 2.24. The molecule has 2 heterocycles. The number of hydrogen-bond donors (Lipinski definition) is 2. The Hall–Kier alpha value is -2.30. The fraction of sp³-hybridized carbons (Fsp3) is 0. The number of nitrogens with zero attached hydrogens (tertiary/aromatic N) is 1. The molecule has 0 saturated carbocycles. The second-order valence-corrected chi connectivity index (χ2v) is 3.23. The number of aromatic amines is 1. The van der Waals surface area contributed by atoms with Gasteiger partial charge in [-0.25, -0.2) is 9.78 Å². The first-order chi connectivity index (χ1) is 7.25. The van der Waals surface area contributed by atoms with E-state index in [1.807, 2.05) is 24.3 Å².